The number of aromatic nitrogens is 2. The van der Waals surface area contributed by atoms with Crippen molar-refractivity contribution in [3.8, 4) is 0 Å². The molecule has 1 aromatic heterocycles. The zero-order chi connectivity index (χ0) is 23.5. The summed E-state index contributed by atoms with van der Waals surface area (Å²) < 4.78 is 13.9. The number of nitrogens with one attached hydrogen (secondary N) is 1. The minimum atomic E-state index is -0.277. The van der Waals surface area contributed by atoms with Crippen LogP contribution in [0, 0.1) is 23.6 Å². The molecule has 0 spiro atoms. The standard InChI is InChI=1S/C26H32FN5O2/c27-22-7-3-6-19(12-22)23(30-25(33)18-4-1-2-5-18)8-11-31-14-20-16-32(17-21(20)15-31)26(34)24-13-28-9-10-29-24/h3,6-7,9-10,12-13,18,20-21,23H,1-2,4-5,8,11,14-17H2,(H,30,33)/t20-,21+,23-/m0/s1. The highest BCUT2D eigenvalue weighted by Gasteiger charge is 2.42. The molecule has 0 bridgehead atoms. The number of nitrogens with zero attached hydrogens (tertiary/aromatic N) is 4. The van der Waals surface area contributed by atoms with Gasteiger partial charge in [0.25, 0.3) is 5.91 Å². The Hall–Kier alpha value is -2.87. The minimum absolute atomic E-state index is 0.0464. The fraction of sp³-hybridized carbons (Fsp3) is 0.538. The van der Waals surface area contributed by atoms with E-state index in [-0.39, 0.29) is 29.6 Å². The minimum Gasteiger partial charge on any atom is -0.349 e. The zero-order valence-electron chi connectivity index (χ0n) is 19.4. The van der Waals surface area contributed by atoms with Crippen LogP contribution in [-0.2, 0) is 4.79 Å². The predicted octanol–water partition coefficient (Wildman–Crippen LogP) is 3.06. The van der Waals surface area contributed by atoms with Crippen LogP contribution in [0.2, 0.25) is 0 Å². The third kappa shape index (κ3) is 5.12. The van der Waals surface area contributed by atoms with Crippen LogP contribution in [0.25, 0.3) is 0 Å². The van der Waals surface area contributed by atoms with Crippen molar-refractivity contribution in [1.82, 2.24) is 25.1 Å². The lowest BCUT2D eigenvalue weighted by Gasteiger charge is -2.25. The first-order valence-corrected chi connectivity index (χ1v) is 12.4. The van der Waals surface area contributed by atoms with E-state index in [2.05, 4.69) is 20.2 Å². The van der Waals surface area contributed by atoms with Gasteiger partial charge in [-0.3, -0.25) is 14.6 Å². The van der Waals surface area contributed by atoms with E-state index in [9.17, 15) is 14.0 Å². The highest BCUT2D eigenvalue weighted by Crippen LogP contribution is 2.33. The van der Waals surface area contributed by atoms with Gasteiger partial charge in [-0.1, -0.05) is 25.0 Å². The van der Waals surface area contributed by atoms with Gasteiger partial charge in [0.1, 0.15) is 11.5 Å². The number of rotatable bonds is 7. The first kappa shape index (κ1) is 22.9. The Morgan fingerprint density at radius 3 is 2.53 bits per heavy atom. The number of halogens is 1. The van der Waals surface area contributed by atoms with Gasteiger partial charge in [0, 0.05) is 51.0 Å². The quantitative estimate of drug-likeness (QED) is 0.680. The van der Waals surface area contributed by atoms with Gasteiger partial charge in [0.05, 0.1) is 12.2 Å². The van der Waals surface area contributed by atoms with E-state index in [1.165, 1.54) is 18.3 Å². The zero-order valence-corrected chi connectivity index (χ0v) is 19.4. The number of amides is 2. The van der Waals surface area contributed by atoms with Gasteiger partial charge < -0.3 is 15.1 Å². The van der Waals surface area contributed by atoms with Crippen LogP contribution in [0.5, 0.6) is 0 Å². The molecule has 2 aromatic rings. The Morgan fingerprint density at radius 2 is 1.85 bits per heavy atom. The maximum absolute atomic E-state index is 13.9. The molecule has 2 saturated heterocycles. The molecule has 2 aliphatic heterocycles. The summed E-state index contributed by atoms with van der Waals surface area (Å²) in [5, 5.41) is 3.22. The summed E-state index contributed by atoms with van der Waals surface area (Å²) in [5.41, 5.74) is 1.22. The van der Waals surface area contributed by atoms with Crippen molar-refractivity contribution in [2.24, 2.45) is 17.8 Å². The Bertz CT molecular complexity index is 999. The Morgan fingerprint density at radius 1 is 1.09 bits per heavy atom. The van der Waals surface area contributed by atoms with E-state index in [0.717, 1.165) is 70.4 Å². The molecule has 2 amide bonds. The van der Waals surface area contributed by atoms with Crippen molar-refractivity contribution in [3.63, 3.8) is 0 Å². The van der Waals surface area contributed by atoms with Gasteiger partial charge in [-0.25, -0.2) is 9.37 Å². The lowest BCUT2D eigenvalue weighted by Crippen LogP contribution is -2.36. The molecule has 0 unspecified atom stereocenters. The van der Waals surface area contributed by atoms with Crippen LogP contribution in [0.1, 0.15) is 54.2 Å². The lowest BCUT2D eigenvalue weighted by molar-refractivity contribution is -0.125. The summed E-state index contributed by atoms with van der Waals surface area (Å²) in [7, 11) is 0. The van der Waals surface area contributed by atoms with E-state index in [1.807, 2.05) is 11.0 Å². The first-order chi connectivity index (χ1) is 16.6. The van der Waals surface area contributed by atoms with Gasteiger partial charge in [-0.05, 0) is 48.8 Å². The SMILES string of the molecule is O=C(N[C@@H](CCN1C[C@@H]2CN(C(=O)c3cnccn3)C[C@@H]2C1)c1cccc(F)c1)C1CCCC1. The monoisotopic (exact) mass is 465 g/mol. The maximum Gasteiger partial charge on any atom is 0.274 e. The second-order valence-electron chi connectivity index (χ2n) is 9.97. The Kier molecular flexibility index (Phi) is 6.85. The number of carbonyl (C=O) groups is 2. The van der Waals surface area contributed by atoms with Gasteiger partial charge in [0.15, 0.2) is 0 Å². The Labute approximate surface area is 199 Å². The van der Waals surface area contributed by atoms with Gasteiger partial charge in [-0.2, -0.15) is 0 Å². The molecule has 3 aliphatic rings. The maximum atomic E-state index is 13.9. The summed E-state index contributed by atoms with van der Waals surface area (Å²) in [6.07, 6.45) is 9.49. The van der Waals surface area contributed by atoms with Crippen LogP contribution in [0.15, 0.2) is 42.9 Å². The Balaban J connectivity index is 1.17. The van der Waals surface area contributed by atoms with Crippen LogP contribution >= 0.6 is 0 Å². The molecule has 7 nitrogen and oxygen atoms in total. The molecule has 1 aromatic carbocycles. The highest BCUT2D eigenvalue weighted by molar-refractivity contribution is 5.92. The molecule has 3 heterocycles. The molecule has 5 rings (SSSR count). The van der Waals surface area contributed by atoms with Crippen molar-refractivity contribution in [1.29, 1.82) is 0 Å². The summed E-state index contributed by atoms with van der Waals surface area (Å²) in [6.45, 7) is 4.17. The summed E-state index contributed by atoms with van der Waals surface area (Å²) >= 11 is 0. The van der Waals surface area contributed by atoms with Crippen molar-refractivity contribution >= 4 is 11.8 Å². The molecule has 34 heavy (non-hydrogen) atoms. The summed E-state index contributed by atoms with van der Waals surface area (Å²) in [4.78, 5) is 38.0. The topological polar surface area (TPSA) is 78.4 Å². The highest BCUT2D eigenvalue weighted by atomic mass is 19.1. The van der Waals surface area contributed by atoms with Crippen LogP contribution < -0.4 is 5.32 Å². The van der Waals surface area contributed by atoms with Gasteiger partial charge >= 0.3 is 0 Å². The van der Waals surface area contributed by atoms with Crippen LogP contribution in [0.4, 0.5) is 4.39 Å². The second kappa shape index (κ2) is 10.2. The van der Waals surface area contributed by atoms with E-state index in [1.54, 1.807) is 18.5 Å². The molecular formula is C26H32FN5O2. The molecule has 8 heteroatoms. The van der Waals surface area contributed by atoms with E-state index in [4.69, 9.17) is 0 Å². The van der Waals surface area contributed by atoms with Crippen molar-refractivity contribution in [3.05, 3.63) is 59.9 Å². The average molecular weight is 466 g/mol. The number of likely N-dealkylation sites (tertiary alicyclic amines) is 2. The predicted molar refractivity (Wildman–Crippen MR) is 125 cm³/mol. The number of hydrogen-bond acceptors (Lipinski definition) is 5. The molecule has 1 N–H and O–H groups in total. The molecule has 1 saturated carbocycles. The fourth-order valence-corrected chi connectivity index (χ4v) is 5.84. The normalized spacial score (nSPS) is 23.7. The summed E-state index contributed by atoms with van der Waals surface area (Å²) in [6, 6.07) is 6.39. The molecule has 0 radical (unpaired) electrons. The number of fused-ring (bicyclic) bond motifs is 1. The molecule has 3 atom stereocenters. The van der Waals surface area contributed by atoms with E-state index >= 15 is 0 Å². The van der Waals surface area contributed by atoms with Crippen molar-refractivity contribution < 1.29 is 14.0 Å². The summed E-state index contributed by atoms with van der Waals surface area (Å²) in [5.74, 6) is 0.752. The van der Waals surface area contributed by atoms with Gasteiger partial charge in [-0.15, -0.1) is 0 Å². The third-order valence-electron chi connectivity index (χ3n) is 7.66. The van der Waals surface area contributed by atoms with E-state index in [0.29, 0.717) is 17.5 Å². The number of benzene rings is 1. The molecule has 180 valence electrons. The lowest BCUT2D eigenvalue weighted by atomic mass is 10.0. The smallest absolute Gasteiger partial charge is 0.274 e. The average Bonchev–Trinajstić information content (AvgIpc) is 3.59. The van der Waals surface area contributed by atoms with Gasteiger partial charge in [0.2, 0.25) is 5.91 Å². The molecular weight excluding hydrogens is 433 g/mol. The van der Waals surface area contributed by atoms with Crippen molar-refractivity contribution in [2.45, 2.75) is 38.1 Å². The fourth-order valence-electron chi connectivity index (χ4n) is 5.84. The second-order valence-corrected chi connectivity index (χ2v) is 9.97. The van der Waals surface area contributed by atoms with Crippen molar-refractivity contribution in [2.75, 3.05) is 32.7 Å². The van der Waals surface area contributed by atoms with Crippen LogP contribution in [0.3, 0.4) is 0 Å². The van der Waals surface area contributed by atoms with E-state index < -0.39 is 0 Å². The first-order valence-electron chi connectivity index (χ1n) is 12.4. The molecule has 1 aliphatic carbocycles. The largest absolute Gasteiger partial charge is 0.349 e. The number of hydrogen-bond donors (Lipinski definition) is 1. The third-order valence-corrected chi connectivity index (χ3v) is 7.66. The number of carbonyl (C=O) groups excluding carboxylic acids is 2. The van der Waals surface area contributed by atoms with Crippen LogP contribution in [-0.4, -0.2) is 64.3 Å². The molecule has 3 fully saturated rings.